The van der Waals surface area contributed by atoms with Crippen LogP contribution in [0.2, 0.25) is 0 Å². The summed E-state index contributed by atoms with van der Waals surface area (Å²) in [7, 11) is 1.87. The van der Waals surface area contributed by atoms with Gasteiger partial charge in [-0.2, -0.15) is 0 Å². The van der Waals surface area contributed by atoms with Crippen molar-refractivity contribution in [3.63, 3.8) is 0 Å². The second-order valence-corrected chi connectivity index (χ2v) is 8.21. The Labute approximate surface area is 169 Å². The van der Waals surface area contributed by atoms with Crippen LogP contribution in [0, 0.1) is 0 Å². The van der Waals surface area contributed by atoms with Gasteiger partial charge in [0, 0.05) is 45.2 Å². The number of carbonyl (C=O) groups excluding carboxylic acids is 1. The van der Waals surface area contributed by atoms with Gasteiger partial charge in [-0.15, -0.1) is 11.3 Å². The summed E-state index contributed by atoms with van der Waals surface area (Å²) in [5, 5.41) is 1.03. The van der Waals surface area contributed by atoms with Crippen LogP contribution in [0.3, 0.4) is 0 Å². The number of rotatable bonds is 6. The van der Waals surface area contributed by atoms with Crippen molar-refractivity contribution in [3.05, 3.63) is 59.1 Å². The minimum absolute atomic E-state index is 0.150. The van der Waals surface area contributed by atoms with E-state index in [4.69, 9.17) is 4.74 Å². The molecule has 1 saturated heterocycles. The standard InChI is InChI=1S/C22H25N3O2S/c1-24(16-17-6-8-18(9-7-17)25-12-14-27-15-13-25)22(26)11-10-21-23-19-4-2-3-5-20(19)28-21/h2-9H,10-16H2,1H3. The van der Waals surface area contributed by atoms with Gasteiger partial charge in [0.25, 0.3) is 0 Å². The molecular weight excluding hydrogens is 370 g/mol. The second kappa shape index (κ2) is 8.71. The predicted molar refractivity (Wildman–Crippen MR) is 114 cm³/mol. The molecule has 0 unspecified atom stereocenters. The molecule has 28 heavy (non-hydrogen) atoms. The Morgan fingerprint density at radius 1 is 1.14 bits per heavy atom. The molecule has 2 heterocycles. The molecule has 3 aromatic rings. The van der Waals surface area contributed by atoms with Crippen LogP contribution >= 0.6 is 11.3 Å². The fourth-order valence-corrected chi connectivity index (χ4v) is 4.39. The Bertz CT molecular complexity index is 899. The lowest BCUT2D eigenvalue weighted by Crippen LogP contribution is -2.36. The maximum Gasteiger partial charge on any atom is 0.223 e. The predicted octanol–water partition coefficient (Wildman–Crippen LogP) is 3.72. The van der Waals surface area contributed by atoms with Gasteiger partial charge in [-0.3, -0.25) is 4.79 Å². The first-order chi connectivity index (χ1) is 13.7. The molecular formula is C22H25N3O2S. The third kappa shape index (κ3) is 4.51. The molecule has 146 valence electrons. The smallest absolute Gasteiger partial charge is 0.223 e. The minimum Gasteiger partial charge on any atom is -0.378 e. The van der Waals surface area contributed by atoms with Crippen molar-refractivity contribution in [3.8, 4) is 0 Å². The van der Waals surface area contributed by atoms with Crippen molar-refractivity contribution in [2.45, 2.75) is 19.4 Å². The van der Waals surface area contributed by atoms with E-state index in [1.54, 1.807) is 16.2 Å². The molecule has 1 amide bonds. The van der Waals surface area contributed by atoms with Gasteiger partial charge in [-0.1, -0.05) is 24.3 Å². The molecule has 0 atom stereocenters. The third-order valence-electron chi connectivity index (χ3n) is 5.05. The zero-order chi connectivity index (χ0) is 19.3. The van der Waals surface area contributed by atoms with Crippen LogP contribution in [0.1, 0.15) is 17.0 Å². The van der Waals surface area contributed by atoms with E-state index in [-0.39, 0.29) is 5.91 Å². The van der Waals surface area contributed by atoms with Crippen LogP contribution in [0.25, 0.3) is 10.2 Å². The maximum atomic E-state index is 12.5. The summed E-state index contributed by atoms with van der Waals surface area (Å²) in [6.07, 6.45) is 1.18. The molecule has 4 rings (SSSR count). The average Bonchev–Trinajstić information content (AvgIpc) is 3.16. The number of morpholine rings is 1. The molecule has 5 nitrogen and oxygen atoms in total. The molecule has 0 aliphatic carbocycles. The molecule has 0 radical (unpaired) electrons. The lowest BCUT2D eigenvalue weighted by Gasteiger charge is -2.29. The van der Waals surface area contributed by atoms with Crippen molar-refractivity contribution in [1.82, 2.24) is 9.88 Å². The van der Waals surface area contributed by atoms with Crippen LogP contribution in [0.5, 0.6) is 0 Å². The van der Waals surface area contributed by atoms with Gasteiger partial charge in [0.2, 0.25) is 5.91 Å². The molecule has 1 fully saturated rings. The van der Waals surface area contributed by atoms with E-state index in [0.29, 0.717) is 19.4 Å². The second-order valence-electron chi connectivity index (χ2n) is 7.09. The number of aromatic nitrogens is 1. The van der Waals surface area contributed by atoms with Crippen LogP contribution in [0.15, 0.2) is 48.5 Å². The molecule has 6 heteroatoms. The van der Waals surface area contributed by atoms with Gasteiger partial charge in [0.05, 0.1) is 28.4 Å². The quantitative estimate of drug-likeness (QED) is 0.638. The zero-order valence-corrected chi connectivity index (χ0v) is 17.0. The van der Waals surface area contributed by atoms with E-state index >= 15 is 0 Å². The maximum absolute atomic E-state index is 12.5. The highest BCUT2D eigenvalue weighted by atomic mass is 32.1. The van der Waals surface area contributed by atoms with Crippen LogP contribution < -0.4 is 4.90 Å². The Morgan fingerprint density at radius 2 is 1.89 bits per heavy atom. The zero-order valence-electron chi connectivity index (χ0n) is 16.1. The van der Waals surface area contributed by atoms with E-state index in [9.17, 15) is 4.79 Å². The van der Waals surface area contributed by atoms with E-state index in [1.807, 2.05) is 25.2 Å². The topological polar surface area (TPSA) is 45.7 Å². The van der Waals surface area contributed by atoms with Crippen LogP contribution in [-0.2, 0) is 22.5 Å². The van der Waals surface area contributed by atoms with Gasteiger partial charge >= 0.3 is 0 Å². The SMILES string of the molecule is CN(Cc1ccc(N2CCOCC2)cc1)C(=O)CCc1nc2ccccc2s1. The molecule has 0 spiro atoms. The summed E-state index contributed by atoms with van der Waals surface area (Å²) in [5.41, 5.74) is 3.38. The normalized spacial score (nSPS) is 14.4. The number of hydrogen-bond donors (Lipinski definition) is 0. The molecule has 0 N–H and O–H groups in total. The Balaban J connectivity index is 1.30. The number of benzene rings is 2. The number of ether oxygens (including phenoxy) is 1. The van der Waals surface area contributed by atoms with Gasteiger partial charge in [0.1, 0.15) is 0 Å². The molecule has 1 aromatic heterocycles. The minimum atomic E-state index is 0.150. The Morgan fingerprint density at radius 3 is 2.64 bits per heavy atom. The average molecular weight is 396 g/mol. The number of amides is 1. The first kappa shape index (κ1) is 18.9. The number of anilines is 1. The monoisotopic (exact) mass is 395 g/mol. The van der Waals surface area contributed by atoms with Gasteiger partial charge in [-0.25, -0.2) is 4.98 Å². The van der Waals surface area contributed by atoms with Gasteiger partial charge in [-0.05, 0) is 29.8 Å². The van der Waals surface area contributed by atoms with E-state index < -0.39 is 0 Å². The van der Waals surface area contributed by atoms with Crippen molar-refractivity contribution in [2.75, 3.05) is 38.3 Å². The lowest BCUT2D eigenvalue weighted by atomic mass is 10.1. The van der Waals surface area contributed by atoms with Gasteiger partial charge in [0.15, 0.2) is 0 Å². The number of hydrogen-bond acceptors (Lipinski definition) is 5. The number of nitrogens with zero attached hydrogens (tertiary/aromatic N) is 3. The number of carbonyl (C=O) groups is 1. The number of fused-ring (bicyclic) bond motifs is 1. The summed E-state index contributed by atoms with van der Waals surface area (Å²) >= 11 is 1.67. The van der Waals surface area contributed by atoms with Crippen LogP contribution in [0.4, 0.5) is 5.69 Å². The van der Waals surface area contributed by atoms with E-state index in [1.165, 1.54) is 10.4 Å². The molecule has 0 bridgehead atoms. The van der Waals surface area contributed by atoms with Crippen molar-refractivity contribution in [1.29, 1.82) is 0 Å². The number of para-hydroxylation sites is 1. The highest BCUT2D eigenvalue weighted by molar-refractivity contribution is 7.18. The van der Waals surface area contributed by atoms with E-state index in [0.717, 1.165) is 42.4 Å². The molecule has 0 saturated carbocycles. The first-order valence-corrected chi connectivity index (χ1v) is 10.5. The summed E-state index contributed by atoms with van der Waals surface area (Å²) in [6.45, 7) is 4.07. The number of thiazole rings is 1. The summed E-state index contributed by atoms with van der Waals surface area (Å²) in [4.78, 5) is 21.3. The third-order valence-corrected chi connectivity index (χ3v) is 6.15. The van der Waals surface area contributed by atoms with Crippen molar-refractivity contribution >= 4 is 33.1 Å². The fourth-order valence-electron chi connectivity index (χ4n) is 3.43. The Hall–Kier alpha value is -2.44. The van der Waals surface area contributed by atoms with Crippen LogP contribution in [-0.4, -0.2) is 49.1 Å². The first-order valence-electron chi connectivity index (χ1n) is 9.69. The summed E-state index contributed by atoms with van der Waals surface area (Å²) < 4.78 is 6.59. The highest BCUT2D eigenvalue weighted by Gasteiger charge is 2.13. The van der Waals surface area contributed by atoms with E-state index in [2.05, 4.69) is 40.2 Å². The Kier molecular flexibility index (Phi) is 5.88. The summed E-state index contributed by atoms with van der Waals surface area (Å²) in [5.74, 6) is 0.150. The number of aryl methyl sites for hydroxylation is 1. The van der Waals surface area contributed by atoms with Gasteiger partial charge < -0.3 is 14.5 Å². The molecule has 1 aliphatic rings. The summed E-state index contributed by atoms with van der Waals surface area (Å²) in [6, 6.07) is 16.6. The molecule has 2 aromatic carbocycles. The molecule has 1 aliphatic heterocycles. The lowest BCUT2D eigenvalue weighted by molar-refractivity contribution is -0.130. The fraction of sp³-hybridized carbons (Fsp3) is 0.364. The van der Waals surface area contributed by atoms with Crippen molar-refractivity contribution < 1.29 is 9.53 Å². The largest absolute Gasteiger partial charge is 0.378 e. The van der Waals surface area contributed by atoms with Crippen molar-refractivity contribution in [2.24, 2.45) is 0 Å². The highest BCUT2D eigenvalue weighted by Crippen LogP contribution is 2.23.